The number of halogens is 3. The molecule has 0 aliphatic heterocycles. The van der Waals surface area contributed by atoms with E-state index in [0.29, 0.717) is 18.9 Å². The van der Waals surface area contributed by atoms with E-state index in [2.05, 4.69) is 0 Å². The van der Waals surface area contributed by atoms with Crippen LogP contribution in [-0.2, 0) is 5.41 Å². The molecule has 18 heavy (non-hydrogen) atoms. The number of hydrogen-bond acceptors (Lipinski definition) is 2. The Bertz CT molecular complexity index is 430. The lowest BCUT2D eigenvalue weighted by Crippen LogP contribution is -2.39. The second-order valence-corrected chi connectivity index (χ2v) is 4.93. The molecule has 100 valence electrons. The Hall–Kier alpha value is -1.23. The van der Waals surface area contributed by atoms with Crippen LogP contribution in [0, 0.1) is 17.5 Å². The molecule has 0 unspecified atom stereocenters. The molecule has 0 heterocycles. The molecular formula is C13H16F3NO. The van der Waals surface area contributed by atoms with Crippen molar-refractivity contribution in [1.29, 1.82) is 0 Å². The van der Waals surface area contributed by atoms with Crippen LogP contribution in [0.25, 0.3) is 0 Å². The van der Waals surface area contributed by atoms with Gasteiger partial charge in [-0.3, -0.25) is 0 Å². The van der Waals surface area contributed by atoms with Crippen LogP contribution in [0.4, 0.5) is 13.2 Å². The first-order valence-electron chi connectivity index (χ1n) is 6.09. The molecule has 0 aromatic heterocycles. The second kappa shape index (κ2) is 4.80. The zero-order chi connectivity index (χ0) is 13.3. The summed E-state index contributed by atoms with van der Waals surface area (Å²) in [5.74, 6) is -4.40. The minimum absolute atomic E-state index is 0.0454. The monoisotopic (exact) mass is 259 g/mol. The summed E-state index contributed by atoms with van der Waals surface area (Å²) in [5, 5.41) is 9.32. The third kappa shape index (κ3) is 1.96. The van der Waals surface area contributed by atoms with Gasteiger partial charge in [-0.2, -0.15) is 0 Å². The van der Waals surface area contributed by atoms with Gasteiger partial charge in [0.25, 0.3) is 0 Å². The van der Waals surface area contributed by atoms with Gasteiger partial charge in [0, 0.05) is 23.6 Å². The maximum absolute atomic E-state index is 13.9. The first-order valence-corrected chi connectivity index (χ1v) is 6.09. The molecule has 2 nitrogen and oxygen atoms in total. The fraction of sp³-hybridized carbons (Fsp3) is 0.538. The van der Waals surface area contributed by atoms with Crippen molar-refractivity contribution in [2.75, 3.05) is 6.54 Å². The van der Waals surface area contributed by atoms with E-state index in [-0.39, 0.29) is 12.1 Å². The molecule has 1 saturated carbocycles. The standard InChI is InChI=1S/C13H16F3NO/c14-8-6-9(18)12(16)10(11(8)15)13(7-17)4-2-1-3-5-13/h6,18H,1-5,7,17H2. The Morgan fingerprint density at radius 1 is 1.11 bits per heavy atom. The summed E-state index contributed by atoms with van der Waals surface area (Å²) >= 11 is 0. The van der Waals surface area contributed by atoms with Crippen LogP contribution in [0.15, 0.2) is 6.07 Å². The number of benzene rings is 1. The van der Waals surface area contributed by atoms with Crippen LogP contribution in [0.5, 0.6) is 5.75 Å². The fourth-order valence-electron chi connectivity index (χ4n) is 2.84. The lowest BCUT2D eigenvalue weighted by molar-refractivity contribution is 0.272. The van der Waals surface area contributed by atoms with Crippen molar-refractivity contribution in [2.45, 2.75) is 37.5 Å². The van der Waals surface area contributed by atoms with Gasteiger partial charge in [-0.1, -0.05) is 19.3 Å². The number of hydrogen-bond donors (Lipinski definition) is 2. The minimum atomic E-state index is -1.23. The number of nitrogens with two attached hydrogens (primary N) is 1. The maximum atomic E-state index is 13.9. The van der Waals surface area contributed by atoms with Gasteiger partial charge in [0.2, 0.25) is 0 Å². The van der Waals surface area contributed by atoms with Crippen molar-refractivity contribution in [1.82, 2.24) is 0 Å². The van der Waals surface area contributed by atoms with E-state index in [0.717, 1.165) is 19.3 Å². The SMILES string of the molecule is NCC1(c2c(F)c(O)cc(F)c2F)CCCCC1. The summed E-state index contributed by atoms with van der Waals surface area (Å²) < 4.78 is 41.2. The highest BCUT2D eigenvalue weighted by molar-refractivity contribution is 5.38. The minimum Gasteiger partial charge on any atom is -0.505 e. The molecule has 0 radical (unpaired) electrons. The Balaban J connectivity index is 2.61. The third-order valence-corrected chi connectivity index (χ3v) is 3.87. The highest BCUT2D eigenvalue weighted by atomic mass is 19.2. The average Bonchev–Trinajstić information content (AvgIpc) is 2.38. The van der Waals surface area contributed by atoms with Gasteiger partial charge in [-0.15, -0.1) is 0 Å². The van der Waals surface area contributed by atoms with Gasteiger partial charge >= 0.3 is 0 Å². The zero-order valence-corrected chi connectivity index (χ0v) is 9.98. The molecule has 1 aliphatic rings. The average molecular weight is 259 g/mol. The van der Waals surface area contributed by atoms with Crippen molar-refractivity contribution in [3.05, 3.63) is 29.1 Å². The second-order valence-electron chi connectivity index (χ2n) is 4.93. The number of phenols is 1. The number of phenolic OH excluding ortho intramolecular Hbond substituents is 1. The van der Waals surface area contributed by atoms with Crippen LogP contribution in [0.3, 0.4) is 0 Å². The van der Waals surface area contributed by atoms with Crippen molar-refractivity contribution < 1.29 is 18.3 Å². The van der Waals surface area contributed by atoms with Gasteiger partial charge in [0.1, 0.15) is 0 Å². The smallest absolute Gasteiger partial charge is 0.171 e. The Kier molecular flexibility index (Phi) is 3.52. The quantitative estimate of drug-likeness (QED) is 0.802. The molecule has 0 spiro atoms. The third-order valence-electron chi connectivity index (χ3n) is 3.87. The zero-order valence-electron chi connectivity index (χ0n) is 9.98. The molecule has 1 aromatic carbocycles. The molecule has 5 heteroatoms. The van der Waals surface area contributed by atoms with Gasteiger partial charge < -0.3 is 10.8 Å². The normalized spacial score (nSPS) is 18.9. The highest BCUT2D eigenvalue weighted by Crippen LogP contribution is 2.43. The van der Waals surface area contributed by atoms with Crippen molar-refractivity contribution in [3.8, 4) is 5.75 Å². The van der Waals surface area contributed by atoms with Gasteiger partial charge in [0.15, 0.2) is 23.2 Å². The predicted octanol–water partition coefficient (Wildman–Crippen LogP) is 2.97. The Labute approximate surface area is 104 Å². The summed E-state index contributed by atoms with van der Waals surface area (Å²) in [6, 6.07) is 0.460. The summed E-state index contributed by atoms with van der Waals surface area (Å²) in [6.07, 6.45) is 3.60. The van der Waals surface area contributed by atoms with Gasteiger partial charge in [-0.05, 0) is 12.8 Å². The van der Waals surface area contributed by atoms with Crippen LogP contribution in [-0.4, -0.2) is 11.7 Å². The lowest BCUT2D eigenvalue weighted by Gasteiger charge is -2.37. The highest BCUT2D eigenvalue weighted by Gasteiger charge is 2.39. The van der Waals surface area contributed by atoms with Gasteiger partial charge in [-0.25, -0.2) is 13.2 Å². The lowest BCUT2D eigenvalue weighted by atomic mass is 9.69. The number of rotatable bonds is 2. The summed E-state index contributed by atoms with van der Waals surface area (Å²) in [4.78, 5) is 0. The summed E-state index contributed by atoms with van der Waals surface area (Å²) in [6.45, 7) is 0.0454. The molecule has 3 N–H and O–H groups in total. The van der Waals surface area contributed by atoms with Crippen molar-refractivity contribution >= 4 is 0 Å². The van der Waals surface area contributed by atoms with Crippen LogP contribution < -0.4 is 5.73 Å². The first-order chi connectivity index (χ1) is 8.52. The molecule has 1 aromatic rings. The fourth-order valence-corrected chi connectivity index (χ4v) is 2.84. The van der Waals surface area contributed by atoms with Crippen LogP contribution in [0.2, 0.25) is 0 Å². The summed E-state index contributed by atoms with van der Waals surface area (Å²) in [7, 11) is 0. The topological polar surface area (TPSA) is 46.2 Å². The predicted molar refractivity (Wildman–Crippen MR) is 61.8 cm³/mol. The van der Waals surface area contributed by atoms with Crippen LogP contribution >= 0.6 is 0 Å². The molecule has 1 fully saturated rings. The number of aromatic hydroxyl groups is 1. The van der Waals surface area contributed by atoms with Gasteiger partial charge in [0.05, 0.1) is 0 Å². The molecule has 0 bridgehead atoms. The molecule has 0 amide bonds. The van der Waals surface area contributed by atoms with E-state index in [9.17, 15) is 18.3 Å². The molecular weight excluding hydrogens is 243 g/mol. The van der Waals surface area contributed by atoms with E-state index in [1.165, 1.54) is 0 Å². The molecule has 0 atom stereocenters. The van der Waals surface area contributed by atoms with Crippen molar-refractivity contribution in [3.63, 3.8) is 0 Å². The Morgan fingerprint density at radius 3 is 2.28 bits per heavy atom. The molecule has 2 rings (SSSR count). The van der Waals surface area contributed by atoms with E-state index in [1.54, 1.807) is 0 Å². The molecule has 0 saturated heterocycles. The van der Waals surface area contributed by atoms with E-state index in [4.69, 9.17) is 5.73 Å². The van der Waals surface area contributed by atoms with E-state index >= 15 is 0 Å². The molecule has 1 aliphatic carbocycles. The van der Waals surface area contributed by atoms with Crippen LogP contribution in [0.1, 0.15) is 37.7 Å². The summed E-state index contributed by atoms with van der Waals surface area (Å²) in [5.41, 5.74) is 4.39. The first kappa shape index (κ1) is 13.2. The maximum Gasteiger partial charge on any atom is 0.171 e. The van der Waals surface area contributed by atoms with Crippen molar-refractivity contribution in [2.24, 2.45) is 5.73 Å². The Morgan fingerprint density at radius 2 is 1.72 bits per heavy atom. The van der Waals surface area contributed by atoms with E-state index < -0.39 is 28.6 Å². The van der Waals surface area contributed by atoms with E-state index in [1.807, 2.05) is 0 Å². The largest absolute Gasteiger partial charge is 0.505 e.